The first-order valence-corrected chi connectivity index (χ1v) is 9.71. The van der Waals surface area contributed by atoms with Crippen LogP contribution in [0.1, 0.15) is 50.3 Å². The van der Waals surface area contributed by atoms with E-state index in [2.05, 4.69) is 46.6 Å². The van der Waals surface area contributed by atoms with Crippen LogP contribution >= 0.6 is 45.3 Å². The van der Waals surface area contributed by atoms with Gasteiger partial charge in [-0.15, -0.1) is 22.7 Å². The molecule has 0 atom stereocenters. The van der Waals surface area contributed by atoms with E-state index in [4.69, 9.17) is 0 Å². The van der Waals surface area contributed by atoms with Crippen molar-refractivity contribution in [3.63, 3.8) is 0 Å². The SMILES string of the molecule is CCCCCCCCc1ccc(-c2ncc(I)s2)s1. The Balaban J connectivity index is 1.75. The summed E-state index contributed by atoms with van der Waals surface area (Å²) >= 11 is 6.02. The molecular weight excluding hydrogens is 385 g/mol. The molecule has 0 saturated heterocycles. The van der Waals surface area contributed by atoms with Gasteiger partial charge in [0.15, 0.2) is 0 Å². The number of nitrogens with zero attached hydrogens (tertiary/aromatic N) is 1. The van der Waals surface area contributed by atoms with E-state index in [1.54, 1.807) is 11.3 Å². The number of halogens is 1. The van der Waals surface area contributed by atoms with E-state index in [1.165, 1.54) is 62.6 Å². The van der Waals surface area contributed by atoms with E-state index in [9.17, 15) is 0 Å². The maximum absolute atomic E-state index is 4.45. The summed E-state index contributed by atoms with van der Waals surface area (Å²) in [7, 11) is 0. The van der Waals surface area contributed by atoms with Gasteiger partial charge >= 0.3 is 0 Å². The molecule has 2 aromatic rings. The number of aryl methyl sites for hydroxylation is 1. The van der Waals surface area contributed by atoms with E-state index in [-0.39, 0.29) is 0 Å². The predicted octanol–water partition coefficient (Wildman–Crippen LogP) is 6.38. The number of thiazole rings is 1. The van der Waals surface area contributed by atoms with E-state index in [0.29, 0.717) is 0 Å². The second-order valence-electron chi connectivity index (χ2n) is 4.75. The average Bonchev–Trinajstić information content (AvgIpc) is 3.02. The molecule has 0 aliphatic carbocycles. The van der Waals surface area contributed by atoms with Gasteiger partial charge in [-0.05, 0) is 47.6 Å². The molecule has 0 unspecified atom stereocenters. The van der Waals surface area contributed by atoms with Gasteiger partial charge in [-0.3, -0.25) is 0 Å². The predicted molar refractivity (Wildman–Crippen MR) is 95.2 cm³/mol. The first-order valence-electron chi connectivity index (χ1n) is 7.00. The van der Waals surface area contributed by atoms with Crippen molar-refractivity contribution in [1.82, 2.24) is 4.98 Å². The van der Waals surface area contributed by atoms with Crippen molar-refractivity contribution in [3.05, 3.63) is 26.1 Å². The van der Waals surface area contributed by atoms with E-state index in [1.807, 2.05) is 17.5 Å². The molecule has 19 heavy (non-hydrogen) atoms. The van der Waals surface area contributed by atoms with Crippen LogP contribution in [0, 0.1) is 2.88 Å². The molecule has 4 heteroatoms. The fourth-order valence-electron chi connectivity index (χ4n) is 2.08. The number of thiophene rings is 1. The van der Waals surface area contributed by atoms with Crippen LogP contribution in [0.2, 0.25) is 0 Å². The summed E-state index contributed by atoms with van der Waals surface area (Å²) in [6.07, 6.45) is 11.4. The average molecular weight is 405 g/mol. The van der Waals surface area contributed by atoms with Crippen LogP contribution < -0.4 is 0 Å². The monoisotopic (exact) mass is 405 g/mol. The quantitative estimate of drug-likeness (QED) is 0.367. The molecule has 0 saturated carbocycles. The Kier molecular flexibility index (Phi) is 6.81. The summed E-state index contributed by atoms with van der Waals surface area (Å²) in [4.78, 5) is 7.29. The lowest BCUT2D eigenvalue weighted by Gasteiger charge is -1.99. The molecule has 0 spiro atoms. The highest BCUT2D eigenvalue weighted by Crippen LogP contribution is 2.32. The lowest BCUT2D eigenvalue weighted by Crippen LogP contribution is -1.82. The number of unbranched alkanes of at least 4 members (excludes halogenated alkanes) is 5. The third-order valence-corrected chi connectivity index (χ3v) is 6.17. The third kappa shape index (κ3) is 5.16. The van der Waals surface area contributed by atoms with Crippen molar-refractivity contribution >= 4 is 45.3 Å². The summed E-state index contributed by atoms with van der Waals surface area (Å²) in [5, 5.41) is 1.17. The van der Waals surface area contributed by atoms with Crippen LogP contribution in [-0.4, -0.2) is 4.98 Å². The molecule has 0 N–H and O–H groups in total. The van der Waals surface area contributed by atoms with Crippen molar-refractivity contribution in [2.45, 2.75) is 51.9 Å². The Morgan fingerprint density at radius 2 is 1.84 bits per heavy atom. The highest BCUT2D eigenvalue weighted by molar-refractivity contribution is 14.1. The zero-order chi connectivity index (χ0) is 13.5. The van der Waals surface area contributed by atoms with Gasteiger partial charge in [-0.1, -0.05) is 39.0 Å². The van der Waals surface area contributed by atoms with Gasteiger partial charge < -0.3 is 0 Å². The molecule has 0 aliphatic rings. The van der Waals surface area contributed by atoms with Crippen molar-refractivity contribution < 1.29 is 0 Å². The lowest BCUT2D eigenvalue weighted by atomic mass is 10.1. The number of hydrogen-bond acceptors (Lipinski definition) is 3. The van der Waals surface area contributed by atoms with E-state index >= 15 is 0 Å². The van der Waals surface area contributed by atoms with Crippen molar-refractivity contribution in [2.24, 2.45) is 0 Å². The minimum Gasteiger partial charge on any atom is -0.243 e. The van der Waals surface area contributed by atoms with E-state index in [0.717, 1.165) is 0 Å². The summed E-state index contributed by atoms with van der Waals surface area (Å²) < 4.78 is 1.26. The number of hydrogen-bond donors (Lipinski definition) is 0. The van der Waals surface area contributed by atoms with Gasteiger partial charge in [0, 0.05) is 4.88 Å². The highest BCUT2D eigenvalue weighted by Gasteiger charge is 2.06. The van der Waals surface area contributed by atoms with Crippen LogP contribution in [0.25, 0.3) is 9.88 Å². The fourth-order valence-corrected chi connectivity index (χ4v) is 4.60. The molecule has 0 bridgehead atoms. The van der Waals surface area contributed by atoms with Crippen molar-refractivity contribution in [3.8, 4) is 9.88 Å². The smallest absolute Gasteiger partial charge is 0.134 e. The summed E-state index contributed by atoms with van der Waals surface area (Å²) in [6, 6.07) is 4.51. The minimum absolute atomic E-state index is 1.17. The van der Waals surface area contributed by atoms with Crippen LogP contribution in [0.15, 0.2) is 18.3 Å². The van der Waals surface area contributed by atoms with Crippen LogP contribution in [-0.2, 0) is 6.42 Å². The van der Waals surface area contributed by atoms with Gasteiger partial charge in [-0.2, -0.15) is 0 Å². The molecule has 104 valence electrons. The standard InChI is InChI=1S/C15H20INS2/c1-2-3-4-5-6-7-8-12-9-10-13(18-12)15-17-11-14(16)19-15/h9-11H,2-8H2,1H3. The summed E-state index contributed by atoms with van der Waals surface area (Å²) in [6.45, 7) is 2.27. The Labute approximate surface area is 137 Å². The molecule has 2 heterocycles. The topological polar surface area (TPSA) is 12.9 Å². The normalized spacial score (nSPS) is 11.1. The third-order valence-electron chi connectivity index (χ3n) is 3.13. The van der Waals surface area contributed by atoms with Crippen LogP contribution in [0.5, 0.6) is 0 Å². The Hall–Kier alpha value is 0.0600. The van der Waals surface area contributed by atoms with Gasteiger partial charge in [0.25, 0.3) is 0 Å². The summed E-state index contributed by atoms with van der Waals surface area (Å²) in [5.74, 6) is 0. The molecule has 0 aromatic carbocycles. The maximum atomic E-state index is 4.45. The molecule has 0 fully saturated rings. The second-order valence-corrected chi connectivity index (χ2v) is 8.85. The molecule has 1 nitrogen and oxygen atoms in total. The van der Waals surface area contributed by atoms with Gasteiger partial charge in [0.2, 0.25) is 0 Å². The first kappa shape index (κ1) is 15.4. The fraction of sp³-hybridized carbons (Fsp3) is 0.533. The van der Waals surface area contributed by atoms with Gasteiger partial charge in [-0.25, -0.2) is 4.98 Å². The Morgan fingerprint density at radius 1 is 1.05 bits per heavy atom. The second kappa shape index (κ2) is 8.37. The molecular formula is C15H20INS2. The van der Waals surface area contributed by atoms with Crippen molar-refractivity contribution in [2.75, 3.05) is 0 Å². The first-order chi connectivity index (χ1) is 9.29. The Morgan fingerprint density at radius 3 is 2.58 bits per heavy atom. The molecule has 0 aliphatic heterocycles. The van der Waals surface area contributed by atoms with Crippen LogP contribution in [0.4, 0.5) is 0 Å². The highest BCUT2D eigenvalue weighted by atomic mass is 127. The minimum atomic E-state index is 1.17. The zero-order valence-electron chi connectivity index (χ0n) is 11.3. The largest absolute Gasteiger partial charge is 0.243 e. The van der Waals surface area contributed by atoms with Crippen molar-refractivity contribution in [1.29, 1.82) is 0 Å². The zero-order valence-corrected chi connectivity index (χ0v) is 15.1. The van der Waals surface area contributed by atoms with Crippen LogP contribution in [0.3, 0.4) is 0 Å². The lowest BCUT2D eigenvalue weighted by molar-refractivity contribution is 0.609. The summed E-state index contributed by atoms with van der Waals surface area (Å²) in [5.41, 5.74) is 0. The van der Waals surface area contributed by atoms with E-state index < -0.39 is 0 Å². The maximum Gasteiger partial charge on any atom is 0.134 e. The molecule has 0 amide bonds. The molecule has 2 aromatic heterocycles. The molecule has 2 rings (SSSR count). The van der Waals surface area contributed by atoms with Gasteiger partial charge in [0.1, 0.15) is 5.01 Å². The molecule has 0 radical (unpaired) electrons. The number of rotatable bonds is 8. The Bertz CT molecular complexity index is 490. The van der Waals surface area contributed by atoms with Gasteiger partial charge in [0.05, 0.1) is 14.0 Å². The number of aromatic nitrogens is 1.